The first-order valence-electron chi connectivity index (χ1n) is 6.38. The van der Waals surface area contributed by atoms with E-state index in [4.69, 9.17) is 0 Å². The third-order valence-electron chi connectivity index (χ3n) is 3.35. The van der Waals surface area contributed by atoms with Crippen molar-refractivity contribution in [3.8, 4) is 0 Å². The molecule has 0 aromatic carbocycles. The number of hydrogen-bond donors (Lipinski definition) is 2. The number of aryl methyl sites for hydroxylation is 1. The molecule has 2 heterocycles. The van der Waals surface area contributed by atoms with Gasteiger partial charge in [-0.3, -0.25) is 14.9 Å². The van der Waals surface area contributed by atoms with Crippen LogP contribution in [0.3, 0.4) is 0 Å². The van der Waals surface area contributed by atoms with E-state index >= 15 is 0 Å². The Morgan fingerprint density at radius 3 is 2.48 bits per heavy atom. The van der Waals surface area contributed by atoms with E-state index in [1.807, 2.05) is 5.43 Å². The van der Waals surface area contributed by atoms with Gasteiger partial charge in [-0.25, -0.2) is 22.6 Å². The van der Waals surface area contributed by atoms with E-state index in [2.05, 4.69) is 21.0 Å². The van der Waals surface area contributed by atoms with Crippen LogP contribution in [0.25, 0.3) is 0 Å². The molecule has 1 amide bonds. The molecule has 2 rings (SSSR count). The summed E-state index contributed by atoms with van der Waals surface area (Å²) in [6.07, 6.45) is -6.36. The molecule has 0 spiro atoms. The Morgan fingerprint density at radius 2 is 2.04 bits per heavy atom. The maximum absolute atomic E-state index is 13.1. The number of alkyl halides is 4. The Labute approximate surface area is 136 Å². The van der Waals surface area contributed by atoms with Gasteiger partial charge in [-0.15, -0.1) is 0 Å². The predicted octanol–water partition coefficient (Wildman–Crippen LogP) is 1.71. The van der Waals surface area contributed by atoms with Gasteiger partial charge in [-0.2, -0.15) is 5.10 Å². The average molecular weight is 401 g/mol. The molecular formula is C12H13BrF4N4O2. The summed E-state index contributed by atoms with van der Waals surface area (Å²) in [4.78, 5) is 12.2. The van der Waals surface area contributed by atoms with E-state index in [0.717, 1.165) is 0 Å². The van der Waals surface area contributed by atoms with Crippen LogP contribution < -0.4 is 5.43 Å². The van der Waals surface area contributed by atoms with Crippen molar-refractivity contribution in [1.82, 2.24) is 20.2 Å². The highest BCUT2D eigenvalue weighted by Crippen LogP contribution is 2.30. The molecule has 0 aliphatic carbocycles. The van der Waals surface area contributed by atoms with Crippen LogP contribution in [0.15, 0.2) is 16.2 Å². The van der Waals surface area contributed by atoms with E-state index < -0.39 is 36.7 Å². The second kappa shape index (κ2) is 6.11. The van der Waals surface area contributed by atoms with E-state index in [1.54, 1.807) is 13.8 Å². The van der Waals surface area contributed by atoms with Crippen LogP contribution in [0.1, 0.15) is 11.4 Å². The molecule has 1 atom stereocenters. The van der Waals surface area contributed by atoms with Crippen molar-refractivity contribution in [3.63, 3.8) is 0 Å². The Morgan fingerprint density at radius 1 is 1.43 bits per heavy atom. The van der Waals surface area contributed by atoms with Crippen molar-refractivity contribution in [2.75, 3.05) is 0 Å². The molecule has 0 saturated heterocycles. The SMILES string of the molecule is Cc1nn(CC(=O)N2NC(C(F)F)=CC2(O)C(F)F)c(C)c1Br. The van der Waals surface area contributed by atoms with E-state index in [1.165, 1.54) is 4.68 Å². The highest BCUT2D eigenvalue weighted by molar-refractivity contribution is 9.10. The van der Waals surface area contributed by atoms with Crippen LogP contribution in [0.2, 0.25) is 0 Å². The number of nitrogens with one attached hydrogen (secondary N) is 1. The van der Waals surface area contributed by atoms with Crippen molar-refractivity contribution in [3.05, 3.63) is 27.6 Å². The van der Waals surface area contributed by atoms with Gasteiger partial charge in [0.2, 0.25) is 5.72 Å². The smallest absolute Gasteiger partial charge is 0.291 e. The molecule has 1 unspecified atom stereocenters. The number of rotatable bonds is 4. The van der Waals surface area contributed by atoms with Crippen molar-refractivity contribution in [1.29, 1.82) is 0 Å². The van der Waals surface area contributed by atoms with Crippen LogP contribution in [0.4, 0.5) is 17.6 Å². The summed E-state index contributed by atoms with van der Waals surface area (Å²) in [6, 6.07) is 0. The van der Waals surface area contributed by atoms with Crippen LogP contribution in [-0.2, 0) is 11.3 Å². The molecule has 23 heavy (non-hydrogen) atoms. The molecule has 1 aromatic heterocycles. The fraction of sp³-hybridized carbons (Fsp3) is 0.500. The summed E-state index contributed by atoms with van der Waals surface area (Å²) in [7, 11) is 0. The van der Waals surface area contributed by atoms with Gasteiger partial charge in [0.05, 0.1) is 21.6 Å². The minimum absolute atomic E-state index is 0.101. The van der Waals surface area contributed by atoms with E-state index in [-0.39, 0.29) is 11.1 Å². The van der Waals surface area contributed by atoms with Gasteiger partial charge in [-0.1, -0.05) is 0 Å². The zero-order chi connectivity index (χ0) is 17.5. The number of hydrazine groups is 1. The summed E-state index contributed by atoms with van der Waals surface area (Å²) in [5.41, 5.74) is -1.15. The van der Waals surface area contributed by atoms with Gasteiger partial charge in [0.25, 0.3) is 18.8 Å². The average Bonchev–Trinajstić information content (AvgIpc) is 2.94. The van der Waals surface area contributed by atoms with Crippen LogP contribution >= 0.6 is 15.9 Å². The van der Waals surface area contributed by atoms with Crippen molar-refractivity contribution in [2.24, 2.45) is 0 Å². The largest absolute Gasteiger partial charge is 0.361 e. The summed E-state index contributed by atoms with van der Waals surface area (Å²) >= 11 is 3.24. The molecule has 128 valence electrons. The lowest BCUT2D eigenvalue weighted by Crippen LogP contribution is -2.57. The second-order valence-electron chi connectivity index (χ2n) is 4.97. The molecule has 0 fully saturated rings. The number of hydrogen-bond acceptors (Lipinski definition) is 4. The molecular weight excluding hydrogens is 388 g/mol. The zero-order valence-electron chi connectivity index (χ0n) is 12.0. The molecule has 0 saturated carbocycles. The summed E-state index contributed by atoms with van der Waals surface area (Å²) < 4.78 is 53.3. The monoisotopic (exact) mass is 400 g/mol. The van der Waals surface area contributed by atoms with Gasteiger partial charge in [-0.05, 0) is 29.8 Å². The Hall–Kier alpha value is -1.62. The molecule has 0 radical (unpaired) electrons. The standard InChI is InChI=1S/C12H13BrF4N4O2/c1-5-9(13)6(2)20(18-5)4-8(22)21-12(23,11(16)17)3-7(19-21)10(14)15/h3,10-11,19,23H,4H2,1-2H3. The zero-order valence-corrected chi connectivity index (χ0v) is 13.6. The second-order valence-corrected chi connectivity index (χ2v) is 5.76. The number of allylic oxidation sites excluding steroid dienone is 1. The van der Waals surface area contributed by atoms with Crippen LogP contribution in [-0.4, -0.2) is 44.4 Å². The Bertz CT molecular complexity index is 664. The van der Waals surface area contributed by atoms with Gasteiger partial charge in [0, 0.05) is 6.08 Å². The Balaban J connectivity index is 2.26. The lowest BCUT2D eigenvalue weighted by molar-refractivity contribution is -0.184. The quantitative estimate of drug-likeness (QED) is 0.754. The Kier molecular flexibility index (Phi) is 4.71. The summed E-state index contributed by atoms with van der Waals surface area (Å²) in [5, 5.41) is 14.0. The van der Waals surface area contributed by atoms with E-state index in [0.29, 0.717) is 15.9 Å². The van der Waals surface area contributed by atoms with Crippen molar-refractivity contribution in [2.45, 2.75) is 39.0 Å². The fourth-order valence-corrected chi connectivity index (χ4v) is 2.39. The first-order valence-corrected chi connectivity index (χ1v) is 7.18. The first kappa shape index (κ1) is 17.7. The third-order valence-corrected chi connectivity index (χ3v) is 4.50. The highest BCUT2D eigenvalue weighted by Gasteiger charge is 2.50. The van der Waals surface area contributed by atoms with Gasteiger partial charge < -0.3 is 5.11 Å². The topological polar surface area (TPSA) is 70.4 Å². The summed E-state index contributed by atoms with van der Waals surface area (Å²) in [5.74, 6) is -1.04. The number of amides is 1. The molecule has 2 N–H and O–H groups in total. The number of aromatic nitrogens is 2. The lowest BCUT2D eigenvalue weighted by atomic mass is 10.2. The molecule has 1 aromatic rings. The number of nitrogens with zero attached hydrogens (tertiary/aromatic N) is 3. The molecule has 1 aliphatic heterocycles. The van der Waals surface area contributed by atoms with Gasteiger partial charge in [0.15, 0.2) is 0 Å². The minimum Gasteiger partial charge on any atom is -0.361 e. The maximum Gasteiger partial charge on any atom is 0.291 e. The van der Waals surface area contributed by atoms with Crippen molar-refractivity contribution < 1.29 is 27.5 Å². The highest BCUT2D eigenvalue weighted by atomic mass is 79.9. The molecule has 1 aliphatic rings. The van der Waals surface area contributed by atoms with Crippen LogP contribution in [0, 0.1) is 13.8 Å². The van der Waals surface area contributed by atoms with Crippen molar-refractivity contribution >= 4 is 21.8 Å². The molecule has 6 nitrogen and oxygen atoms in total. The number of halogens is 5. The minimum atomic E-state index is -3.47. The van der Waals surface area contributed by atoms with Gasteiger partial charge in [0.1, 0.15) is 6.54 Å². The normalized spacial score (nSPS) is 21.1. The number of carbonyl (C=O) groups excluding carboxylic acids is 1. The molecule has 0 bridgehead atoms. The number of aliphatic hydroxyl groups is 1. The molecule has 11 heteroatoms. The fourth-order valence-electron chi connectivity index (χ4n) is 2.11. The van der Waals surface area contributed by atoms with Crippen LogP contribution in [0.5, 0.6) is 0 Å². The number of carbonyl (C=O) groups is 1. The maximum atomic E-state index is 13.1. The first-order chi connectivity index (χ1) is 10.6. The predicted molar refractivity (Wildman–Crippen MR) is 74.4 cm³/mol. The summed E-state index contributed by atoms with van der Waals surface area (Å²) in [6.45, 7) is 2.79. The van der Waals surface area contributed by atoms with E-state index in [9.17, 15) is 27.5 Å². The third kappa shape index (κ3) is 3.07. The lowest BCUT2D eigenvalue weighted by Gasteiger charge is -2.31. The van der Waals surface area contributed by atoms with Gasteiger partial charge >= 0.3 is 0 Å².